The summed E-state index contributed by atoms with van der Waals surface area (Å²) >= 11 is 0. The fourth-order valence-electron chi connectivity index (χ4n) is 2.36. The van der Waals surface area contributed by atoms with Crippen LogP contribution in [0.2, 0.25) is 0 Å². The van der Waals surface area contributed by atoms with Crippen LogP contribution < -0.4 is 5.32 Å². The molecule has 21 heavy (non-hydrogen) atoms. The normalized spacial score (nSPS) is 12.6. The van der Waals surface area contributed by atoms with E-state index in [1.165, 1.54) is 0 Å². The summed E-state index contributed by atoms with van der Waals surface area (Å²) < 4.78 is 33.2. The van der Waals surface area contributed by atoms with Gasteiger partial charge in [0.15, 0.2) is 11.6 Å². The summed E-state index contributed by atoms with van der Waals surface area (Å²) in [6, 6.07) is 6.80. The Kier molecular flexibility index (Phi) is 5.51. The first-order valence-corrected chi connectivity index (χ1v) is 7.33. The van der Waals surface area contributed by atoms with Crippen LogP contribution in [0.1, 0.15) is 42.7 Å². The Labute approximate surface area is 124 Å². The van der Waals surface area contributed by atoms with E-state index in [0.29, 0.717) is 24.0 Å². The molecule has 0 saturated heterocycles. The Morgan fingerprint density at radius 1 is 1.19 bits per heavy atom. The number of aryl methyl sites for hydroxylation is 2. The molecular weight excluding hydrogens is 272 g/mol. The lowest BCUT2D eigenvalue weighted by atomic mass is 9.98. The van der Waals surface area contributed by atoms with E-state index in [4.69, 9.17) is 4.42 Å². The van der Waals surface area contributed by atoms with Crippen LogP contribution in [0.3, 0.4) is 0 Å². The second kappa shape index (κ2) is 7.36. The van der Waals surface area contributed by atoms with Gasteiger partial charge in [-0.3, -0.25) is 0 Å². The average molecular weight is 293 g/mol. The molecule has 0 amide bonds. The number of hydrogen-bond donors (Lipinski definition) is 1. The predicted molar refractivity (Wildman–Crippen MR) is 79.2 cm³/mol. The molecule has 0 bridgehead atoms. The van der Waals surface area contributed by atoms with Gasteiger partial charge in [-0.05, 0) is 44.0 Å². The lowest BCUT2D eigenvalue weighted by Gasteiger charge is -2.20. The first-order valence-electron chi connectivity index (χ1n) is 7.33. The summed E-state index contributed by atoms with van der Waals surface area (Å²) in [5.41, 5.74) is 0.717. The van der Waals surface area contributed by atoms with Gasteiger partial charge in [-0.2, -0.15) is 0 Å². The van der Waals surface area contributed by atoms with Crippen LogP contribution in [-0.2, 0) is 6.42 Å². The zero-order valence-corrected chi connectivity index (χ0v) is 12.5. The Morgan fingerprint density at radius 2 is 2.00 bits per heavy atom. The van der Waals surface area contributed by atoms with Crippen molar-refractivity contribution in [3.63, 3.8) is 0 Å². The quantitative estimate of drug-likeness (QED) is 0.810. The van der Waals surface area contributed by atoms with Gasteiger partial charge >= 0.3 is 0 Å². The molecule has 0 saturated carbocycles. The highest BCUT2D eigenvalue weighted by atomic mass is 19.2. The minimum Gasteiger partial charge on any atom is -0.469 e. The number of hydrogen-bond acceptors (Lipinski definition) is 2. The molecule has 0 radical (unpaired) electrons. The number of rotatable bonds is 7. The van der Waals surface area contributed by atoms with Crippen LogP contribution in [-0.4, -0.2) is 6.54 Å². The third-order valence-electron chi connectivity index (χ3n) is 3.58. The van der Waals surface area contributed by atoms with E-state index in [1.807, 2.05) is 19.1 Å². The molecule has 1 aromatic carbocycles. The van der Waals surface area contributed by atoms with Crippen molar-refractivity contribution in [1.29, 1.82) is 0 Å². The van der Waals surface area contributed by atoms with Crippen molar-refractivity contribution < 1.29 is 13.2 Å². The monoisotopic (exact) mass is 293 g/mol. The van der Waals surface area contributed by atoms with Gasteiger partial charge < -0.3 is 9.73 Å². The van der Waals surface area contributed by atoms with Crippen LogP contribution in [0.15, 0.2) is 34.9 Å². The van der Waals surface area contributed by atoms with Crippen molar-refractivity contribution in [3.05, 3.63) is 59.1 Å². The second-order valence-electron chi connectivity index (χ2n) is 5.22. The van der Waals surface area contributed by atoms with Gasteiger partial charge in [-0.15, -0.1) is 0 Å². The standard InChI is InChI=1S/C17H21F2NO/c1-3-10-20-15(9-7-13-5-4-11-21-13)14-8-6-12(2)16(18)17(14)19/h4-6,8,11,15,20H,3,7,9-10H2,1-2H3. The van der Waals surface area contributed by atoms with Crippen LogP contribution >= 0.6 is 0 Å². The van der Waals surface area contributed by atoms with E-state index >= 15 is 0 Å². The molecule has 1 N–H and O–H groups in total. The predicted octanol–water partition coefficient (Wildman–Crippen LogP) is 4.54. The zero-order chi connectivity index (χ0) is 15.2. The summed E-state index contributed by atoms with van der Waals surface area (Å²) in [5, 5.41) is 3.29. The molecule has 1 heterocycles. The molecule has 114 valence electrons. The Morgan fingerprint density at radius 3 is 2.67 bits per heavy atom. The molecule has 2 aromatic rings. The first kappa shape index (κ1) is 15.7. The van der Waals surface area contributed by atoms with Crippen molar-refractivity contribution in [2.75, 3.05) is 6.54 Å². The molecule has 2 rings (SSSR count). The molecule has 0 fully saturated rings. The van der Waals surface area contributed by atoms with Crippen LogP contribution in [0, 0.1) is 18.6 Å². The van der Waals surface area contributed by atoms with Crippen molar-refractivity contribution in [1.82, 2.24) is 5.32 Å². The van der Waals surface area contributed by atoms with Crippen LogP contribution in [0.5, 0.6) is 0 Å². The molecule has 4 heteroatoms. The van der Waals surface area contributed by atoms with Crippen molar-refractivity contribution in [2.24, 2.45) is 0 Å². The molecule has 0 aliphatic rings. The Bertz CT molecular complexity index is 566. The Hall–Kier alpha value is -1.68. The maximum absolute atomic E-state index is 14.2. The van der Waals surface area contributed by atoms with E-state index in [-0.39, 0.29) is 6.04 Å². The average Bonchev–Trinajstić information content (AvgIpc) is 2.99. The van der Waals surface area contributed by atoms with E-state index in [9.17, 15) is 8.78 Å². The highest BCUT2D eigenvalue weighted by Crippen LogP contribution is 2.25. The topological polar surface area (TPSA) is 25.2 Å². The number of halogens is 2. The summed E-state index contributed by atoms with van der Waals surface area (Å²) in [4.78, 5) is 0. The van der Waals surface area contributed by atoms with Crippen molar-refractivity contribution in [3.8, 4) is 0 Å². The van der Waals surface area contributed by atoms with Gasteiger partial charge in [-0.1, -0.05) is 19.1 Å². The smallest absolute Gasteiger partial charge is 0.163 e. The molecule has 0 aliphatic heterocycles. The molecular formula is C17H21F2NO. The number of furan rings is 1. The summed E-state index contributed by atoms with van der Waals surface area (Å²) in [7, 11) is 0. The summed E-state index contributed by atoms with van der Waals surface area (Å²) in [6.07, 6.45) is 3.90. The lowest BCUT2D eigenvalue weighted by Crippen LogP contribution is -2.24. The van der Waals surface area contributed by atoms with Crippen molar-refractivity contribution in [2.45, 2.75) is 39.2 Å². The fourth-order valence-corrected chi connectivity index (χ4v) is 2.36. The van der Waals surface area contributed by atoms with Gasteiger partial charge in [0.2, 0.25) is 0 Å². The SMILES string of the molecule is CCCNC(CCc1ccco1)c1ccc(C)c(F)c1F. The van der Waals surface area contributed by atoms with E-state index in [2.05, 4.69) is 5.32 Å². The highest BCUT2D eigenvalue weighted by Gasteiger charge is 2.19. The number of nitrogens with one attached hydrogen (secondary N) is 1. The third kappa shape index (κ3) is 3.91. The van der Waals surface area contributed by atoms with Gasteiger partial charge in [0.25, 0.3) is 0 Å². The second-order valence-corrected chi connectivity index (χ2v) is 5.22. The molecule has 2 nitrogen and oxygen atoms in total. The summed E-state index contributed by atoms with van der Waals surface area (Å²) in [6.45, 7) is 4.37. The fraction of sp³-hybridized carbons (Fsp3) is 0.412. The third-order valence-corrected chi connectivity index (χ3v) is 3.58. The maximum Gasteiger partial charge on any atom is 0.163 e. The van der Waals surface area contributed by atoms with Gasteiger partial charge in [-0.25, -0.2) is 8.78 Å². The van der Waals surface area contributed by atoms with E-state index < -0.39 is 11.6 Å². The van der Waals surface area contributed by atoms with Gasteiger partial charge in [0.05, 0.1) is 6.26 Å². The minimum atomic E-state index is -0.756. The molecule has 0 aliphatic carbocycles. The van der Waals surface area contributed by atoms with E-state index in [1.54, 1.807) is 25.3 Å². The first-order chi connectivity index (χ1) is 10.1. The summed E-state index contributed by atoms with van der Waals surface area (Å²) in [5.74, 6) is -0.650. The molecule has 0 spiro atoms. The minimum absolute atomic E-state index is 0.217. The molecule has 1 aromatic heterocycles. The molecule has 1 atom stereocenters. The van der Waals surface area contributed by atoms with Crippen molar-refractivity contribution >= 4 is 0 Å². The Balaban J connectivity index is 2.16. The largest absolute Gasteiger partial charge is 0.469 e. The number of benzene rings is 1. The highest BCUT2D eigenvalue weighted by molar-refractivity contribution is 5.28. The lowest BCUT2D eigenvalue weighted by molar-refractivity contribution is 0.426. The van der Waals surface area contributed by atoms with Crippen LogP contribution in [0.25, 0.3) is 0 Å². The van der Waals surface area contributed by atoms with Gasteiger partial charge in [0, 0.05) is 18.0 Å². The maximum atomic E-state index is 14.2. The van der Waals surface area contributed by atoms with Gasteiger partial charge in [0.1, 0.15) is 5.76 Å². The molecule has 1 unspecified atom stereocenters. The van der Waals surface area contributed by atoms with Crippen LogP contribution in [0.4, 0.5) is 8.78 Å². The van der Waals surface area contributed by atoms with E-state index in [0.717, 1.165) is 18.7 Å². The zero-order valence-electron chi connectivity index (χ0n) is 12.5.